The van der Waals surface area contributed by atoms with Gasteiger partial charge in [0.25, 0.3) is 5.91 Å². The summed E-state index contributed by atoms with van der Waals surface area (Å²) in [6.07, 6.45) is 1.41. The number of hydrogen-bond donors (Lipinski definition) is 2. The number of fused-ring (bicyclic) bond motifs is 1. The highest BCUT2D eigenvalue weighted by atomic mass is 32.1. The van der Waals surface area contributed by atoms with E-state index in [4.69, 9.17) is 5.73 Å². The van der Waals surface area contributed by atoms with Crippen LogP contribution in [0.15, 0.2) is 36.4 Å². The molecule has 0 fully saturated rings. The molecular weight excluding hydrogens is 322 g/mol. The molecule has 1 aliphatic rings. The van der Waals surface area contributed by atoms with Gasteiger partial charge in [-0.05, 0) is 36.6 Å². The lowest BCUT2D eigenvalue weighted by Crippen LogP contribution is -2.45. The maximum Gasteiger partial charge on any atom is 0.265 e. The summed E-state index contributed by atoms with van der Waals surface area (Å²) in [5.74, 6) is -0.117. The topological polar surface area (TPSA) is 75.4 Å². The van der Waals surface area contributed by atoms with Crippen LogP contribution in [0.3, 0.4) is 0 Å². The molecule has 0 saturated carbocycles. The summed E-state index contributed by atoms with van der Waals surface area (Å²) in [6.45, 7) is 3.12. The van der Waals surface area contributed by atoms with Crippen LogP contribution in [0, 0.1) is 0 Å². The molecule has 1 aromatic carbocycles. The zero-order valence-corrected chi connectivity index (χ0v) is 14.4. The Labute approximate surface area is 145 Å². The summed E-state index contributed by atoms with van der Waals surface area (Å²) in [6, 6.07) is 10.9. The van der Waals surface area contributed by atoms with Gasteiger partial charge in [-0.3, -0.25) is 9.59 Å². The number of anilines is 1. The minimum Gasteiger partial charge on any atom is -0.337 e. The summed E-state index contributed by atoms with van der Waals surface area (Å²) >= 11 is 1.51. The van der Waals surface area contributed by atoms with Crippen LogP contribution in [0.5, 0.6) is 0 Å². The van der Waals surface area contributed by atoms with Crippen LogP contribution in [-0.4, -0.2) is 29.3 Å². The van der Waals surface area contributed by atoms with Crippen molar-refractivity contribution in [2.24, 2.45) is 5.73 Å². The van der Waals surface area contributed by atoms with Crippen LogP contribution >= 0.6 is 11.3 Å². The average molecular weight is 343 g/mol. The second-order valence-electron chi connectivity index (χ2n) is 5.90. The normalized spacial score (nSPS) is 14.8. The third-order valence-corrected chi connectivity index (χ3v) is 5.43. The van der Waals surface area contributed by atoms with Gasteiger partial charge in [-0.1, -0.05) is 25.1 Å². The summed E-state index contributed by atoms with van der Waals surface area (Å²) in [7, 11) is 0. The number of nitrogens with two attached hydrogens (primary N) is 1. The minimum absolute atomic E-state index is 0.00960. The highest BCUT2D eigenvalue weighted by Crippen LogP contribution is 2.29. The number of thiophene rings is 1. The van der Waals surface area contributed by atoms with E-state index in [1.54, 1.807) is 4.90 Å². The first kappa shape index (κ1) is 16.7. The molecule has 1 aliphatic heterocycles. The fourth-order valence-electron chi connectivity index (χ4n) is 2.76. The molecule has 126 valence electrons. The molecule has 0 saturated heterocycles. The number of nitrogens with one attached hydrogen (secondary N) is 1. The van der Waals surface area contributed by atoms with Crippen LogP contribution < -0.4 is 11.1 Å². The molecule has 0 spiro atoms. The number of hydrogen-bond acceptors (Lipinski definition) is 4. The van der Waals surface area contributed by atoms with E-state index in [-0.39, 0.29) is 11.8 Å². The molecular formula is C18H21N3O2S. The molecule has 6 heteroatoms. The molecule has 3 rings (SSSR count). The predicted molar refractivity (Wildman–Crippen MR) is 96.1 cm³/mol. The zero-order valence-electron chi connectivity index (χ0n) is 13.6. The Kier molecular flexibility index (Phi) is 4.97. The molecule has 2 aromatic rings. The van der Waals surface area contributed by atoms with Gasteiger partial charge in [-0.25, -0.2) is 0 Å². The number of rotatable bonds is 4. The van der Waals surface area contributed by atoms with Crippen molar-refractivity contribution in [1.82, 2.24) is 4.90 Å². The van der Waals surface area contributed by atoms with Crippen molar-refractivity contribution in [3.05, 3.63) is 51.7 Å². The van der Waals surface area contributed by atoms with Gasteiger partial charge in [0.15, 0.2) is 0 Å². The average Bonchev–Trinajstić information content (AvgIpc) is 3.04. The van der Waals surface area contributed by atoms with Crippen LogP contribution in [0.1, 0.15) is 33.5 Å². The van der Waals surface area contributed by atoms with Crippen molar-refractivity contribution in [2.45, 2.75) is 32.4 Å². The highest BCUT2D eigenvalue weighted by Gasteiger charge is 2.26. The minimum atomic E-state index is -0.439. The molecule has 1 atom stereocenters. The number of carbonyl (C=O) groups is 2. The lowest BCUT2D eigenvalue weighted by molar-refractivity contribution is -0.133. The van der Waals surface area contributed by atoms with Crippen molar-refractivity contribution < 1.29 is 9.59 Å². The predicted octanol–water partition coefficient (Wildman–Crippen LogP) is 2.62. The molecule has 0 radical (unpaired) electrons. The smallest absolute Gasteiger partial charge is 0.265 e. The molecule has 2 heterocycles. The van der Waals surface area contributed by atoms with Crippen LogP contribution in [0.4, 0.5) is 5.69 Å². The Hall–Kier alpha value is -2.18. The third kappa shape index (κ3) is 3.49. The lowest BCUT2D eigenvalue weighted by Gasteiger charge is -2.28. The zero-order chi connectivity index (χ0) is 17.1. The first-order valence-electron chi connectivity index (χ1n) is 8.11. The second kappa shape index (κ2) is 7.15. The van der Waals surface area contributed by atoms with Crippen LogP contribution in [0.2, 0.25) is 0 Å². The van der Waals surface area contributed by atoms with E-state index in [0.29, 0.717) is 24.4 Å². The maximum absolute atomic E-state index is 12.4. The van der Waals surface area contributed by atoms with E-state index in [1.165, 1.54) is 16.2 Å². The monoisotopic (exact) mass is 343 g/mol. The van der Waals surface area contributed by atoms with Crippen molar-refractivity contribution in [2.75, 3.05) is 11.9 Å². The molecule has 5 nitrogen and oxygen atoms in total. The van der Waals surface area contributed by atoms with Gasteiger partial charge in [0.1, 0.15) is 0 Å². The second-order valence-corrected chi connectivity index (χ2v) is 7.04. The van der Waals surface area contributed by atoms with Gasteiger partial charge in [-0.2, -0.15) is 0 Å². The van der Waals surface area contributed by atoms with Gasteiger partial charge in [0.05, 0.1) is 10.9 Å². The third-order valence-electron chi connectivity index (χ3n) is 4.19. The molecule has 2 amide bonds. The van der Waals surface area contributed by atoms with Crippen LogP contribution in [-0.2, 0) is 17.8 Å². The summed E-state index contributed by atoms with van der Waals surface area (Å²) in [4.78, 5) is 28.3. The van der Waals surface area contributed by atoms with Crippen molar-refractivity contribution in [1.29, 1.82) is 0 Å². The van der Waals surface area contributed by atoms with Gasteiger partial charge in [0, 0.05) is 23.7 Å². The lowest BCUT2D eigenvalue weighted by atomic mass is 10.1. The number of nitrogens with zero attached hydrogens (tertiary/aromatic N) is 1. The van der Waals surface area contributed by atoms with Gasteiger partial charge >= 0.3 is 0 Å². The molecule has 24 heavy (non-hydrogen) atoms. The fraction of sp³-hybridized carbons (Fsp3) is 0.333. The van der Waals surface area contributed by atoms with E-state index in [0.717, 1.165) is 17.7 Å². The molecule has 3 N–H and O–H groups in total. The van der Waals surface area contributed by atoms with Crippen molar-refractivity contribution in [3.63, 3.8) is 0 Å². The Morgan fingerprint density at radius 2 is 2.08 bits per heavy atom. The Morgan fingerprint density at radius 1 is 1.33 bits per heavy atom. The molecule has 0 aliphatic carbocycles. The highest BCUT2D eigenvalue weighted by molar-refractivity contribution is 7.14. The summed E-state index contributed by atoms with van der Waals surface area (Å²) in [5, 5.41) is 2.90. The van der Waals surface area contributed by atoms with Gasteiger partial charge < -0.3 is 16.0 Å². The van der Waals surface area contributed by atoms with E-state index < -0.39 is 6.04 Å². The molecule has 1 aromatic heterocycles. The first-order valence-corrected chi connectivity index (χ1v) is 8.92. The quantitative estimate of drug-likeness (QED) is 0.896. The van der Waals surface area contributed by atoms with Crippen molar-refractivity contribution in [3.8, 4) is 0 Å². The maximum atomic E-state index is 12.4. The Morgan fingerprint density at radius 3 is 2.79 bits per heavy atom. The van der Waals surface area contributed by atoms with E-state index in [1.807, 2.05) is 43.3 Å². The van der Waals surface area contributed by atoms with E-state index in [2.05, 4.69) is 5.32 Å². The van der Waals surface area contributed by atoms with E-state index in [9.17, 15) is 9.59 Å². The largest absolute Gasteiger partial charge is 0.337 e. The number of carbonyl (C=O) groups excluding carboxylic acids is 2. The number of benzene rings is 1. The Bertz CT molecular complexity index is 742. The van der Waals surface area contributed by atoms with Gasteiger partial charge in [-0.15, -0.1) is 11.3 Å². The summed E-state index contributed by atoms with van der Waals surface area (Å²) < 4.78 is 0. The van der Waals surface area contributed by atoms with Crippen LogP contribution in [0.25, 0.3) is 0 Å². The first-order chi connectivity index (χ1) is 11.6. The fourth-order valence-corrected chi connectivity index (χ4v) is 3.81. The number of amides is 2. The SMILES string of the molecule is CC[C@@H](N)C(=O)N1CCc2sc(C(=O)Nc3ccccc3)cc2C1. The van der Waals surface area contributed by atoms with Crippen molar-refractivity contribution >= 4 is 28.8 Å². The van der Waals surface area contributed by atoms with Gasteiger partial charge in [0.2, 0.25) is 5.91 Å². The number of para-hydroxylation sites is 1. The molecule has 0 unspecified atom stereocenters. The summed E-state index contributed by atoms with van der Waals surface area (Å²) in [5.41, 5.74) is 7.69. The van der Waals surface area contributed by atoms with E-state index >= 15 is 0 Å². The molecule has 0 bridgehead atoms. The Balaban J connectivity index is 1.71. The standard InChI is InChI=1S/C18H21N3O2S/c1-2-14(19)18(23)21-9-8-15-12(11-21)10-16(24-15)17(22)20-13-6-4-3-5-7-13/h3-7,10,14H,2,8-9,11,19H2,1H3,(H,20,22)/t14-/m1/s1.